The van der Waals surface area contributed by atoms with E-state index in [1.807, 2.05) is 0 Å². The number of carbonyl (C=O) groups excluding carboxylic acids is 2. The monoisotopic (exact) mass is 228 g/mol. The predicted molar refractivity (Wildman–Crippen MR) is 57.1 cm³/mol. The Balaban J connectivity index is 2.29. The molecule has 0 fully saturated rings. The summed E-state index contributed by atoms with van der Waals surface area (Å²) in [5.74, 6) is -0.389. The summed E-state index contributed by atoms with van der Waals surface area (Å²) in [6.45, 7) is 0.792. The number of thiophene rings is 1. The van der Waals surface area contributed by atoms with Crippen LogP contribution in [0.2, 0.25) is 0 Å². The highest BCUT2D eigenvalue weighted by atomic mass is 32.1. The molecule has 0 aliphatic rings. The molecule has 0 saturated carbocycles. The van der Waals surface area contributed by atoms with Gasteiger partial charge in [-0.15, -0.1) is 11.3 Å². The second-order valence-corrected chi connectivity index (χ2v) is 3.63. The standard InChI is InChI=1S/C9H12N2O3S/c1-14-5-4-10-9(13)11-8(12)7-3-2-6-15-7/h2-3,6H,4-5H2,1H3,(H2,10,11,12,13). The smallest absolute Gasteiger partial charge is 0.321 e. The number of imide groups is 1. The number of rotatable bonds is 4. The number of hydrogen-bond acceptors (Lipinski definition) is 4. The lowest BCUT2D eigenvalue weighted by molar-refractivity contribution is 0.0967. The Bertz CT molecular complexity index is 324. The lowest BCUT2D eigenvalue weighted by Crippen LogP contribution is -2.40. The summed E-state index contributed by atoms with van der Waals surface area (Å²) in [5, 5.41) is 6.47. The Hall–Kier alpha value is -1.40. The Morgan fingerprint density at radius 3 is 2.93 bits per heavy atom. The van der Waals surface area contributed by atoms with Crippen LogP contribution in [0.15, 0.2) is 17.5 Å². The Kier molecular flexibility index (Phi) is 4.79. The fraction of sp³-hybridized carbons (Fsp3) is 0.333. The predicted octanol–water partition coefficient (Wildman–Crippen LogP) is 0.834. The van der Waals surface area contributed by atoms with Gasteiger partial charge in [-0.05, 0) is 11.4 Å². The van der Waals surface area contributed by atoms with E-state index in [1.165, 1.54) is 18.4 Å². The van der Waals surface area contributed by atoms with Crippen molar-refractivity contribution >= 4 is 23.3 Å². The molecular formula is C9H12N2O3S. The van der Waals surface area contributed by atoms with Crippen molar-refractivity contribution in [1.29, 1.82) is 0 Å². The molecule has 0 aromatic carbocycles. The summed E-state index contributed by atoms with van der Waals surface area (Å²) >= 11 is 1.28. The van der Waals surface area contributed by atoms with Crippen molar-refractivity contribution in [2.24, 2.45) is 0 Å². The van der Waals surface area contributed by atoms with Gasteiger partial charge >= 0.3 is 6.03 Å². The lowest BCUT2D eigenvalue weighted by atomic mass is 10.4. The lowest BCUT2D eigenvalue weighted by Gasteiger charge is -2.04. The largest absolute Gasteiger partial charge is 0.383 e. The molecule has 0 radical (unpaired) electrons. The third kappa shape index (κ3) is 4.09. The summed E-state index contributed by atoms with van der Waals surface area (Å²) < 4.78 is 4.74. The van der Waals surface area contributed by atoms with Crippen molar-refractivity contribution in [3.8, 4) is 0 Å². The highest BCUT2D eigenvalue weighted by molar-refractivity contribution is 7.12. The van der Waals surface area contributed by atoms with Crippen molar-refractivity contribution in [3.05, 3.63) is 22.4 Å². The molecule has 2 N–H and O–H groups in total. The highest BCUT2D eigenvalue weighted by Crippen LogP contribution is 2.07. The first kappa shape index (κ1) is 11.7. The molecule has 1 aromatic heterocycles. The van der Waals surface area contributed by atoms with Gasteiger partial charge in [-0.25, -0.2) is 4.79 Å². The van der Waals surface area contributed by atoms with Crippen LogP contribution in [0.5, 0.6) is 0 Å². The number of methoxy groups -OCH3 is 1. The van der Waals surface area contributed by atoms with E-state index in [0.717, 1.165) is 0 Å². The van der Waals surface area contributed by atoms with E-state index < -0.39 is 6.03 Å². The normalized spacial score (nSPS) is 9.67. The number of amides is 3. The van der Waals surface area contributed by atoms with Crippen LogP contribution in [-0.2, 0) is 4.74 Å². The minimum absolute atomic E-state index is 0.375. The highest BCUT2D eigenvalue weighted by Gasteiger charge is 2.09. The maximum Gasteiger partial charge on any atom is 0.321 e. The fourth-order valence-corrected chi connectivity index (χ4v) is 1.50. The van der Waals surface area contributed by atoms with Gasteiger partial charge < -0.3 is 10.1 Å². The molecule has 0 aliphatic carbocycles. The average molecular weight is 228 g/mol. The number of urea groups is 1. The van der Waals surface area contributed by atoms with Crippen molar-refractivity contribution in [2.75, 3.05) is 20.3 Å². The van der Waals surface area contributed by atoms with Crippen LogP contribution < -0.4 is 10.6 Å². The molecular weight excluding hydrogens is 216 g/mol. The number of nitrogens with one attached hydrogen (secondary N) is 2. The van der Waals surface area contributed by atoms with Crippen molar-refractivity contribution in [2.45, 2.75) is 0 Å². The molecule has 1 aromatic rings. The molecule has 1 rings (SSSR count). The molecule has 0 saturated heterocycles. The zero-order valence-electron chi connectivity index (χ0n) is 8.28. The van der Waals surface area contributed by atoms with Gasteiger partial charge in [-0.2, -0.15) is 0 Å². The topological polar surface area (TPSA) is 67.4 Å². The maximum atomic E-state index is 11.4. The van der Waals surface area contributed by atoms with Crippen LogP contribution in [0.1, 0.15) is 9.67 Å². The van der Waals surface area contributed by atoms with Crippen molar-refractivity contribution < 1.29 is 14.3 Å². The third-order valence-electron chi connectivity index (χ3n) is 1.56. The first-order valence-electron chi connectivity index (χ1n) is 4.35. The Morgan fingerprint density at radius 2 is 2.33 bits per heavy atom. The molecule has 6 heteroatoms. The molecule has 0 atom stereocenters. The first-order chi connectivity index (χ1) is 7.24. The van der Waals surface area contributed by atoms with Gasteiger partial charge in [-0.3, -0.25) is 10.1 Å². The van der Waals surface area contributed by atoms with E-state index >= 15 is 0 Å². The summed E-state index contributed by atoms with van der Waals surface area (Å²) in [6, 6.07) is 2.90. The summed E-state index contributed by atoms with van der Waals surface area (Å²) in [5.41, 5.74) is 0. The van der Waals surface area contributed by atoms with Gasteiger partial charge in [0.2, 0.25) is 0 Å². The Labute approximate surface area is 91.4 Å². The van der Waals surface area contributed by atoms with Crippen LogP contribution >= 0.6 is 11.3 Å². The SMILES string of the molecule is COCCNC(=O)NC(=O)c1cccs1. The van der Waals surface area contributed by atoms with Gasteiger partial charge in [0.05, 0.1) is 11.5 Å². The molecule has 0 aliphatic heterocycles. The quantitative estimate of drug-likeness (QED) is 0.750. The van der Waals surface area contributed by atoms with Crippen LogP contribution in [0.25, 0.3) is 0 Å². The third-order valence-corrected chi connectivity index (χ3v) is 2.43. The molecule has 1 heterocycles. The number of carbonyl (C=O) groups is 2. The van der Waals surface area contributed by atoms with Crippen LogP contribution in [0.4, 0.5) is 4.79 Å². The molecule has 5 nitrogen and oxygen atoms in total. The number of ether oxygens (including phenoxy) is 1. The van der Waals surface area contributed by atoms with Crippen LogP contribution in [0.3, 0.4) is 0 Å². The fourth-order valence-electron chi connectivity index (χ4n) is 0.883. The van der Waals surface area contributed by atoms with Gasteiger partial charge in [0.1, 0.15) is 0 Å². The molecule has 3 amide bonds. The van der Waals surface area contributed by atoms with Crippen LogP contribution in [-0.4, -0.2) is 32.2 Å². The summed E-state index contributed by atoms with van der Waals surface area (Å²) in [6.07, 6.45) is 0. The van der Waals surface area contributed by atoms with E-state index in [4.69, 9.17) is 4.74 Å². The summed E-state index contributed by atoms with van der Waals surface area (Å²) in [7, 11) is 1.54. The van der Waals surface area contributed by atoms with Crippen molar-refractivity contribution in [3.63, 3.8) is 0 Å². The van der Waals surface area contributed by atoms with E-state index in [0.29, 0.717) is 18.0 Å². The van der Waals surface area contributed by atoms with Gasteiger partial charge in [0.15, 0.2) is 0 Å². The van der Waals surface area contributed by atoms with E-state index in [2.05, 4.69) is 10.6 Å². The van der Waals surface area contributed by atoms with Crippen molar-refractivity contribution in [1.82, 2.24) is 10.6 Å². The van der Waals surface area contributed by atoms with Gasteiger partial charge in [0, 0.05) is 13.7 Å². The summed E-state index contributed by atoms with van der Waals surface area (Å²) in [4.78, 5) is 23.0. The minimum atomic E-state index is -0.509. The molecule has 0 unspecified atom stereocenters. The minimum Gasteiger partial charge on any atom is -0.383 e. The second kappa shape index (κ2) is 6.15. The average Bonchev–Trinajstić information content (AvgIpc) is 2.70. The van der Waals surface area contributed by atoms with Gasteiger partial charge in [-0.1, -0.05) is 6.07 Å². The van der Waals surface area contributed by atoms with Crippen LogP contribution in [0, 0.1) is 0 Å². The van der Waals surface area contributed by atoms with E-state index in [-0.39, 0.29) is 5.91 Å². The zero-order valence-corrected chi connectivity index (χ0v) is 9.10. The molecule has 0 bridgehead atoms. The van der Waals surface area contributed by atoms with Gasteiger partial charge in [0.25, 0.3) is 5.91 Å². The van der Waals surface area contributed by atoms with E-state index in [1.54, 1.807) is 17.5 Å². The first-order valence-corrected chi connectivity index (χ1v) is 5.23. The second-order valence-electron chi connectivity index (χ2n) is 2.68. The zero-order chi connectivity index (χ0) is 11.1. The Morgan fingerprint density at radius 1 is 1.53 bits per heavy atom. The molecule has 0 spiro atoms. The molecule has 82 valence electrons. The maximum absolute atomic E-state index is 11.4. The molecule has 15 heavy (non-hydrogen) atoms. The van der Waals surface area contributed by atoms with E-state index in [9.17, 15) is 9.59 Å². The number of hydrogen-bond donors (Lipinski definition) is 2.